The SMILES string of the molecule is COC(=O)C1(CN(C)CCc2ccncc2)CC1. The molecular weight excluding hydrogens is 228 g/mol. The summed E-state index contributed by atoms with van der Waals surface area (Å²) in [4.78, 5) is 17.9. The predicted molar refractivity (Wildman–Crippen MR) is 69.1 cm³/mol. The Labute approximate surface area is 108 Å². The molecule has 4 heteroatoms. The Morgan fingerprint density at radius 1 is 1.44 bits per heavy atom. The number of carbonyl (C=O) groups excluding carboxylic acids is 1. The van der Waals surface area contributed by atoms with Gasteiger partial charge < -0.3 is 9.64 Å². The highest BCUT2D eigenvalue weighted by molar-refractivity contribution is 5.80. The lowest BCUT2D eigenvalue weighted by Crippen LogP contribution is -2.33. The smallest absolute Gasteiger partial charge is 0.313 e. The van der Waals surface area contributed by atoms with Crippen molar-refractivity contribution in [1.82, 2.24) is 9.88 Å². The van der Waals surface area contributed by atoms with Crippen LogP contribution in [0.15, 0.2) is 24.5 Å². The van der Waals surface area contributed by atoms with Gasteiger partial charge >= 0.3 is 5.97 Å². The summed E-state index contributed by atoms with van der Waals surface area (Å²) in [6, 6.07) is 4.06. The number of nitrogens with zero attached hydrogens (tertiary/aromatic N) is 2. The van der Waals surface area contributed by atoms with Crippen molar-refractivity contribution in [3.05, 3.63) is 30.1 Å². The van der Waals surface area contributed by atoms with E-state index in [0.29, 0.717) is 0 Å². The third-order valence-electron chi connectivity index (χ3n) is 3.58. The Bertz CT molecular complexity index is 402. The number of likely N-dealkylation sites (N-methyl/N-ethyl adjacent to an activating group) is 1. The van der Waals surface area contributed by atoms with Crippen LogP contribution in [-0.4, -0.2) is 43.1 Å². The predicted octanol–water partition coefficient (Wildman–Crippen LogP) is 1.51. The van der Waals surface area contributed by atoms with Crippen LogP contribution in [0.4, 0.5) is 0 Å². The van der Waals surface area contributed by atoms with Gasteiger partial charge in [-0.25, -0.2) is 0 Å². The van der Waals surface area contributed by atoms with Crippen LogP contribution in [0.1, 0.15) is 18.4 Å². The van der Waals surface area contributed by atoms with E-state index < -0.39 is 0 Å². The maximum absolute atomic E-state index is 11.6. The van der Waals surface area contributed by atoms with Crippen molar-refractivity contribution in [3.63, 3.8) is 0 Å². The summed E-state index contributed by atoms with van der Waals surface area (Å²) >= 11 is 0. The number of ether oxygens (including phenoxy) is 1. The van der Waals surface area contributed by atoms with Gasteiger partial charge in [0.25, 0.3) is 0 Å². The summed E-state index contributed by atoms with van der Waals surface area (Å²) in [6.45, 7) is 1.74. The number of aromatic nitrogens is 1. The molecule has 0 unspecified atom stereocenters. The van der Waals surface area contributed by atoms with Gasteiger partial charge in [0.1, 0.15) is 0 Å². The monoisotopic (exact) mass is 248 g/mol. The first-order valence-corrected chi connectivity index (χ1v) is 6.32. The lowest BCUT2D eigenvalue weighted by molar-refractivity contribution is -0.147. The van der Waals surface area contributed by atoms with Crippen molar-refractivity contribution in [1.29, 1.82) is 0 Å². The molecule has 1 aliphatic rings. The molecule has 1 aromatic rings. The summed E-state index contributed by atoms with van der Waals surface area (Å²) in [5, 5.41) is 0. The van der Waals surface area contributed by atoms with Crippen molar-refractivity contribution >= 4 is 5.97 Å². The highest BCUT2D eigenvalue weighted by atomic mass is 16.5. The van der Waals surface area contributed by atoms with E-state index in [1.165, 1.54) is 12.7 Å². The van der Waals surface area contributed by atoms with Crippen LogP contribution in [0.25, 0.3) is 0 Å². The van der Waals surface area contributed by atoms with Gasteiger partial charge in [-0.3, -0.25) is 9.78 Å². The molecule has 2 rings (SSSR count). The van der Waals surface area contributed by atoms with Crippen molar-refractivity contribution in [2.24, 2.45) is 5.41 Å². The van der Waals surface area contributed by atoms with Crippen LogP contribution in [0.2, 0.25) is 0 Å². The Balaban J connectivity index is 1.79. The molecule has 0 amide bonds. The fourth-order valence-corrected chi connectivity index (χ4v) is 2.26. The Hall–Kier alpha value is -1.42. The largest absolute Gasteiger partial charge is 0.469 e. The minimum atomic E-state index is -0.220. The second-order valence-corrected chi connectivity index (χ2v) is 5.12. The number of hydrogen-bond donors (Lipinski definition) is 0. The maximum atomic E-state index is 11.6. The van der Waals surface area contributed by atoms with Gasteiger partial charge in [0.05, 0.1) is 12.5 Å². The first-order valence-electron chi connectivity index (χ1n) is 6.32. The minimum Gasteiger partial charge on any atom is -0.469 e. The molecule has 1 saturated carbocycles. The van der Waals surface area contributed by atoms with E-state index in [0.717, 1.165) is 32.4 Å². The van der Waals surface area contributed by atoms with Gasteiger partial charge in [0.15, 0.2) is 0 Å². The lowest BCUT2D eigenvalue weighted by Gasteiger charge is -2.21. The van der Waals surface area contributed by atoms with Crippen LogP contribution >= 0.6 is 0 Å². The number of rotatable bonds is 6. The molecule has 1 aliphatic carbocycles. The Morgan fingerprint density at radius 2 is 2.11 bits per heavy atom. The molecule has 0 saturated heterocycles. The molecule has 0 aliphatic heterocycles. The molecule has 0 atom stereocenters. The summed E-state index contributed by atoms with van der Waals surface area (Å²) in [7, 11) is 3.53. The van der Waals surface area contributed by atoms with E-state index in [-0.39, 0.29) is 11.4 Å². The summed E-state index contributed by atoms with van der Waals surface area (Å²) in [5.74, 6) is -0.0572. The average molecular weight is 248 g/mol. The van der Waals surface area contributed by atoms with Crippen LogP contribution in [0, 0.1) is 5.41 Å². The molecule has 1 heterocycles. The summed E-state index contributed by atoms with van der Waals surface area (Å²) in [5.41, 5.74) is 1.06. The molecule has 0 aromatic carbocycles. The minimum absolute atomic E-state index is 0.0572. The highest BCUT2D eigenvalue weighted by Gasteiger charge is 2.51. The number of esters is 1. The van der Waals surface area contributed by atoms with Gasteiger partial charge in [-0.05, 0) is 44.0 Å². The molecule has 18 heavy (non-hydrogen) atoms. The van der Waals surface area contributed by atoms with Crippen LogP contribution < -0.4 is 0 Å². The molecule has 0 spiro atoms. The summed E-state index contributed by atoms with van der Waals surface area (Å²) in [6.07, 6.45) is 6.52. The van der Waals surface area contributed by atoms with Gasteiger partial charge in [-0.15, -0.1) is 0 Å². The van der Waals surface area contributed by atoms with Crippen LogP contribution in [0.3, 0.4) is 0 Å². The Morgan fingerprint density at radius 3 is 2.67 bits per heavy atom. The molecule has 1 aromatic heterocycles. The molecular formula is C14H20N2O2. The number of pyridine rings is 1. The van der Waals surface area contributed by atoms with Crippen LogP contribution in [0.5, 0.6) is 0 Å². The van der Waals surface area contributed by atoms with E-state index in [1.54, 1.807) is 0 Å². The Kier molecular flexibility index (Phi) is 3.97. The molecule has 0 radical (unpaired) electrons. The van der Waals surface area contributed by atoms with E-state index >= 15 is 0 Å². The van der Waals surface area contributed by atoms with E-state index in [4.69, 9.17) is 4.74 Å². The quantitative estimate of drug-likeness (QED) is 0.716. The second-order valence-electron chi connectivity index (χ2n) is 5.12. The van der Waals surface area contributed by atoms with Gasteiger partial charge in [0.2, 0.25) is 0 Å². The van der Waals surface area contributed by atoms with Crippen molar-refractivity contribution in [2.75, 3.05) is 27.2 Å². The molecule has 0 N–H and O–H groups in total. The zero-order valence-electron chi connectivity index (χ0n) is 11.1. The standard InChI is InChI=1S/C14H20N2O2/c1-16(10-5-12-3-8-15-9-4-12)11-14(6-7-14)13(17)18-2/h3-4,8-9H,5-7,10-11H2,1-2H3. The topological polar surface area (TPSA) is 42.4 Å². The van der Waals surface area contributed by atoms with E-state index in [1.807, 2.05) is 24.5 Å². The number of hydrogen-bond acceptors (Lipinski definition) is 4. The fourth-order valence-electron chi connectivity index (χ4n) is 2.26. The van der Waals surface area contributed by atoms with Gasteiger partial charge in [-0.2, -0.15) is 0 Å². The van der Waals surface area contributed by atoms with E-state index in [9.17, 15) is 4.79 Å². The zero-order chi connectivity index (χ0) is 13.0. The lowest BCUT2D eigenvalue weighted by atomic mass is 10.1. The molecule has 4 nitrogen and oxygen atoms in total. The molecule has 0 bridgehead atoms. The first-order chi connectivity index (χ1) is 8.66. The zero-order valence-corrected chi connectivity index (χ0v) is 11.1. The second kappa shape index (κ2) is 5.48. The highest BCUT2D eigenvalue weighted by Crippen LogP contribution is 2.47. The number of methoxy groups -OCH3 is 1. The van der Waals surface area contributed by atoms with E-state index in [2.05, 4.69) is 16.9 Å². The third kappa shape index (κ3) is 3.07. The normalized spacial score (nSPS) is 16.6. The fraction of sp³-hybridized carbons (Fsp3) is 0.571. The number of carbonyl (C=O) groups is 1. The molecule has 1 fully saturated rings. The van der Waals surface area contributed by atoms with Crippen molar-refractivity contribution in [3.8, 4) is 0 Å². The third-order valence-corrected chi connectivity index (χ3v) is 3.58. The first kappa shape index (κ1) is 13.0. The van der Waals surface area contributed by atoms with Gasteiger partial charge in [-0.1, -0.05) is 0 Å². The van der Waals surface area contributed by atoms with Gasteiger partial charge in [0, 0.05) is 25.5 Å². The maximum Gasteiger partial charge on any atom is 0.313 e. The van der Waals surface area contributed by atoms with Crippen LogP contribution in [-0.2, 0) is 16.0 Å². The summed E-state index contributed by atoms with van der Waals surface area (Å²) < 4.78 is 4.87. The van der Waals surface area contributed by atoms with Crippen molar-refractivity contribution in [2.45, 2.75) is 19.3 Å². The molecule has 98 valence electrons. The average Bonchev–Trinajstić information content (AvgIpc) is 3.17. The van der Waals surface area contributed by atoms with Crippen molar-refractivity contribution < 1.29 is 9.53 Å².